The third-order valence-electron chi connectivity index (χ3n) is 6.75. The van der Waals surface area contributed by atoms with E-state index in [2.05, 4.69) is 89.5 Å². The van der Waals surface area contributed by atoms with Gasteiger partial charge in [0.25, 0.3) is 0 Å². The number of rotatable bonds is 5. The van der Waals surface area contributed by atoms with Crippen molar-refractivity contribution in [1.82, 2.24) is 4.57 Å². The highest BCUT2D eigenvalue weighted by Crippen LogP contribution is 2.40. The lowest BCUT2D eigenvalue weighted by molar-refractivity contribution is 0.696. The first-order valence-corrected chi connectivity index (χ1v) is 13.2. The summed E-state index contributed by atoms with van der Waals surface area (Å²) < 4.78 is 2.32. The number of aromatic nitrogens is 1. The Hall–Kier alpha value is -4.20. The van der Waals surface area contributed by atoms with Crippen molar-refractivity contribution in [1.29, 1.82) is 5.26 Å². The van der Waals surface area contributed by atoms with Crippen molar-refractivity contribution >= 4 is 22.6 Å². The summed E-state index contributed by atoms with van der Waals surface area (Å²) in [5.41, 5.74) is 8.56. The van der Waals surface area contributed by atoms with Crippen LogP contribution in [0.3, 0.4) is 0 Å². The molecule has 0 bridgehead atoms. The predicted molar refractivity (Wildman–Crippen MR) is 150 cm³/mol. The molecule has 0 saturated carbocycles. The molecular formula is C32H25N3S. The number of nitrogens with zero attached hydrogens (tertiary/aromatic N) is 3. The smallest absolute Gasteiger partial charge is 0.134 e. The van der Waals surface area contributed by atoms with Gasteiger partial charge in [0, 0.05) is 22.3 Å². The molecule has 3 aromatic carbocycles. The molecule has 1 aliphatic carbocycles. The molecule has 0 N–H and O–H groups in total. The van der Waals surface area contributed by atoms with Crippen molar-refractivity contribution in [3.8, 4) is 34.3 Å². The number of benzene rings is 3. The van der Waals surface area contributed by atoms with E-state index in [0.717, 1.165) is 63.6 Å². The van der Waals surface area contributed by atoms with E-state index in [1.54, 1.807) is 11.3 Å². The van der Waals surface area contributed by atoms with Gasteiger partial charge in [0.1, 0.15) is 11.1 Å². The minimum atomic E-state index is 0.762. The lowest BCUT2D eigenvalue weighted by Crippen LogP contribution is -2.00. The van der Waals surface area contributed by atoms with E-state index in [0.29, 0.717) is 0 Å². The second-order valence-electron chi connectivity index (χ2n) is 9.00. The van der Waals surface area contributed by atoms with Crippen LogP contribution >= 0.6 is 11.3 Å². The zero-order chi connectivity index (χ0) is 24.3. The van der Waals surface area contributed by atoms with E-state index >= 15 is 0 Å². The maximum Gasteiger partial charge on any atom is 0.134 e. The zero-order valence-electron chi connectivity index (χ0n) is 19.9. The summed E-state index contributed by atoms with van der Waals surface area (Å²) in [6.07, 6.45) is 6.34. The van der Waals surface area contributed by atoms with Gasteiger partial charge in [-0.05, 0) is 60.6 Å². The molecule has 174 valence electrons. The van der Waals surface area contributed by atoms with Crippen LogP contribution in [-0.2, 0) is 12.8 Å². The standard InChI is InChI=1S/C32H25N3S/c33-21-28-27-18-10-11-19-30(27)36-32(28)34-22-25-20-29(23-12-4-1-5-13-23)35(26-16-8-3-9-17-26)31(25)24-14-6-2-7-15-24/h1-9,12-17,20,22H,10-11,18-19H2. The Morgan fingerprint density at radius 2 is 1.44 bits per heavy atom. The Labute approximate surface area is 215 Å². The number of para-hydroxylation sites is 1. The molecule has 0 unspecified atom stereocenters. The van der Waals surface area contributed by atoms with Crippen LogP contribution in [0.1, 0.15) is 34.4 Å². The van der Waals surface area contributed by atoms with E-state index < -0.39 is 0 Å². The van der Waals surface area contributed by atoms with Crippen molar-refractivity contribution in [2.45, 2.75) is 25.7 Å². The summed E-state index contributed by atoms with van der Waals surface area (Å²) in [5.74, 6) is 0. The van der Waals surface area contributed by atoms with Crippen molar-refractivity contribution in [3.05, 3.63) is 119 Å². The van der Waals surface area contributed by atoms with E-state index in [4.69, 9.17) is 4.99 Å². The Kier molecular flexibility index (Phi) is 6.07. The minimum absolute atomic E-state index is 0.762. The third kappa shape index (κ3) is 4.08. The summed E-state index contributed by atoms with van der Waals surface area (Å²) in [6, 6.07) is 36.1. The van der Waals surface area contributed by atoms with Gasteiger partial charge in [-0.2, -0.15) is 5.26 Å². The molecule has 0 spiro atoms. The number of fused-ring (bicyclic) bond motifs is 1. The molecule has 0 aliphatic heterocycles. The van der Waals surface area contributed by atoms with Crippen LogP contribution in [0, 0.1) is 11.3 Å². The second-order valence-corrected chi connectivity index (χ2v) is 10.1. The minimum Gasteiger partial charge on any atom is -0.309 e. The summed E-state index contributed by atoms with van der Waals surface area (Å²) in [4.78, 5) is 6.27. The van der Waals surface area contributed by atoms with Crippen LogP contribution in [0.25, 0.3) is 28.2 Å². The van der Waals surface area contributed by atoms with Gasteiger partial charge in [0.05, 0.1) is 17.0 Å². The van der Waals surface area contributed by atoms with Crippen LogP contribution in [-0.4, -0.2) is 10.8 Å². The highest BCUT2D eigenvalue weighted by Gasteiger charge is 2.21. The molecule has 0 fully saturated rings. The van der Waals surface area contributed by atoms with Gasteiger partial charge in [0.15, 0.2) is 0 Å². The molecule has 2 heterocycles. The number of hydrogen-bond acceptors (Lipinski definition) is 3. The molecule has 0 saturated heterocycles. The number of aryl methyl sites for hydroxylation is 1. The summed E-state index contributed by atoms with van der Waals surface area (Å²) >= 11 is 1.68. The molecule has 4 heteroatoms. The van der Waals surface area contributed by atoms with E-state index in [1.165, 1.54) is 16.9 Å². The Morgan fingerprint density at radius 1 is 0.806 bits per heavy atom. The van der Waals surface area contributed by atoms with Gasteiger partial charge in [-0.3, -0.25) is 0 Å². The first-order valence-electron chi connectivity index (χ1n) is 12.3. The largest absolute Gasteiger partial charge is 0.309 e. The van der Waals surface area contributed by atoms with Crippen molar-refractivity contribution in [2.24, 2.45) is 4.99 Å². The number of nitriles is 1. The zero-order valence-corrected chi connectivity index (χ0v) is 20.7. The van der Waals surface area contributed by atoms with Crippen LogP contribution in [0.5, 0.6) is 0 Å². The summed E-state index contributed by atoms with van der Waals surface area (Å²) in [7, 11) is 0. The molecule has 3 nitrogen and oxygen atoms in total. The molecule has 6 rings (SSSR count). The molecule has 0 amide bonds. The molecule has 2 aromatic heterocycles. The number of hydrogen-bond donors (Lipinski definition) is 0. The summed E-state index contributed by atoms with van der Waals surface area (Å²) in [6.45, 7) is 0. The van der Waals surface area contributed by atoms with Crippen LogP contribution < -0.4 is 0 Å². The quantitative estimate of drug-likeness (QED) is 0.231. The van der Waals surface area contributed by atoms with Crippen LogP contribution in [0.4, 0.5) is 5.00 Å². The fraction of sp³-hybridized carbons (Fsp3) is 0.125. The van der Waals surface area contributed by atoms with Gasteiger partial charge in [-0.25, -0.2) is 4.99 Å². The molecular weight excluding hydrogens is 458 g/mol. The van der Waals surface area contributed by atoms with Crippen molar-refractivity contribution in [2.75, 3.05) is 0 Å². The van der Waals surface area contributed by atoms with Crippen LogP contribution in [0.15, 0.2) is 102 Å². The van der Waals surface area contributed by atoms with Gasteiger partial charge in [-0.1, -0.05) is 78.9 Å². The fourth-order valence-electron chi connectivity index (χ4n) is 5.07. The highest BCUT2D eigenvalue weighted by molar-refractivity contribution is 7.16. The predicted octanol–water partition coefficient (Wildman–Crippen LogP) is 8.37. The van der Waals surface area contributed by atoms with Crippen LogP contribution in [0.2, 0.25) is 0 Å². The van der Waals surface area contributed by atoms with Crippen molar-refractivity contribution in [3.63, 3.8) is 0 Å². The Bertz CT molecular complexity index is 1570. The molecule has 0 radical (unpaired) electrons. The SMILES string of the molecule is N#Cc1c(N=Cc2cc(-c3ccccc3)n(-c3ccccc3)c2-c2ccccc2)sc2c1CCCC2. The first-order chi connectivity index (χ1) is 17.8. The molecule has 0 atom stereocenters. The Balaban J connectivity index is 1.57. The third-order valence-corrected chi connectivity index (χ3v) is 7.95. The molecule has 1 aliphatic rings. The maximum absolute atomic E-state index is 9.92. The molecule has 36 heavy (non-hydrogen) atoms. The van der Waals surface area contributed by atoms with Gasteiger partial charge in [0.2, 0.25) is 0 Å². The van der Waals surface area contributed by atoms with E-state index in [9.17, 15) is 5.26 Å². The van der Waals surface area contributed by atoms with E-state index in [-0.39, 0.29) is 0 Å². The molecule has 5 aromatic rings. The average Bonchev–Trinajstić information content (AvgIpc) is 3.51. The normalized spacial score (nSPS) is 13.0. The first kappa shape index (κ1) is 22.3. The highest BCUT2D eigenvalue weighted by atomic mass is 32.1. The topological polar surface area (TPSA) is 41.1 Å². The maximum atomic E-state index is 9.92. The van der Waals surface area contributed by atoms with Gasteiger partial charge < -0.3 is 4.57 Å². The monoisotopic (exact) mass is 483 g/mol. The van der Waals surface area contributed by atoms with Gasteiger partial charge >= 0.3 is 0 Å². The average molecular weight is 484 g/mol. The van der Waals surface area contributed by atoms with Gasteiger partial charge in [-0.15, -0.1) is 11.3 Å². The lowest BCUT2D eigenvalue weighted by Gasteiger charge is -2.15. The fourth-order valence-corrected chi connectivity index (χ4v) is 6.26. The van der Waals surface area contributed by atoms with E-state index in [1.807, 2.05) is 24.4 Å². The number of aliphatic imine (C=N–C) groups is 1. The lowest BCUT2D eigenvalue weighted by atomic mass is 9.96. The second kappa shape index (κ2) is 9.81. The van der Waals surface area contributed by atoms with Crippen molar-refractivity contribution < 1.29 is 0 Å². The summed E-state index contributed by atoms with van der Waals surface area (Å²) in [5, 5.41) is 10.7. The number of thiophene rings is 1. The Morgan fingerprint density at radius 3 is 2.14 bits per heavy atom.